The average Bonchev–Trinajstić information content (AvgIpc) is 2.63. The molecule has 1 atom stereocenters. The Morgan fingerprint density at radius 1 is 1.33 bits per heavy atom. The quantitative estimate of drug-likeness (QED) is 0.825. The lowest BCUT2D eigenvalue weighted by atomic mass is 9.98. The molecule has 0 N–H and O–H groups in total. The van der Waals surface area contributed by atoms with E-state index < -0.39 is 0 Å². The standard InChI is InChI=1S/C14H23N3O/c1-4-12-6-5-8-17(9-7-12)14-13(18-3)11(2)15-10-16-14/h10,12H,4-9H2,1-3H3. The van der Waals surface area contributed by atoms with Gasteiger partial charge < -0.3 is 9.64 Å². The fourth-order valence-corrected chi connectivity index (χ4v) is 2.70. The highest BCUT2D eigenvalue weighted by molar-refractivity contribution is 5.54. The van der Waals surface area contributed by atoms with Crippen LogP contribution in [0.2, 0.25) is 0 Å². The lowest BCUT2D eigenvalue weighted by Crippen LogP contribution is -2.26. The zero-order valence-electron chi connectivity index (χ0n) is 11.6. The molecule has 18 heavy (non-hydrogen) atoms. The molecule has 4 nitrogen and oxygen atoms in total. The van der Waals surface area contributed by atoms with Gasteiger partial charge in [0.05, 0.1) is 12.8 Å². The van der Waals surface area contributed by atoms with Crippen molar-refractivity contribution in [1.82, 2.24) is 9.97 Å². The van der Waals surface area contributed by atoms with Gasteiger partial charge in [0, 0.05) is 13.1 Å². The largest absolute Gasteiger partial charge is 0.491 e. The van der Waals surface area contributed by atoms with E-state index in [1.165, 1.54) is 25.7 Å². The molecule has 1 saturated heterocycles. The normalized spacial score (nSPS) is 20.6. The number of anilines is 1. The SMILES string of the molecule is CCC1CCCN(c2ncnc(C)c2OC)CC1. The molecular formula is C14H23N3O. The third-order valence-electron chi connectivity index (χ3n) is 3.89. The third-order valence-corrected chi connectivity index (χ3v) is 3.89. The summed E-state index contributed by atoms with van der Waals surface area (Å²) < 4.78 is 5.46. The summed E-state index contributed by atoms with van der Waals surface area (Å²) in [5, 5.41) is 0. The first-order valence-electron chi connectivity index (χ1n) is 6.86. The van der Waals surface area contributed by atoms with Crippen molar-refractivity contribution < 1.29 is 4.74 Å². The highest BCUT2D eigenvalue weighted by Gasteiger charge is 2.20. The van der Waals surface area contributed by atoms with Crippen molar-refractivity contribution in [1.29, 1.82) is 0 Å². The Balaban J connectivity index is 2.18. The summed E-state index contributed by atoms with van der Waals surface area (Å²) in [7, 11) is 1.70. The number of hydrogen-bond acceptors (Lipinski definition) is 4. The highest BCUT2D eigenvalue weighted by Crippen LogP contribution is 2.30. The summed E-state index contributed by atoms with van der Waals surface area (Å²) in [4.78, 5) is 11.0. The van der Waals surface area contributed by atoms with Gasteiger partial charge in [-0.3, -0.25) is 0 Å². The minimum absolute atomic E-state index is 0.826. The maximum atomic E-state index is 5.46. The van der Waals surface area contributed by atoms with Gasteiger partial charge in [0.15, 0.2) is 11.6 Å². The molecule has 1 unspecified atom stereocenters. The van der Waals surface area contributed by atoms with Crippen molar-refractivity contribution in [3.05, 3.63) is 12.0 Å². The van der Waals surface area contributed by atoms with Crippen molar-refractivity contribution in [2.45, 2.75) is 39.5 Å². The molecular weight excluding hydrogens is 226 g/mol. The number of rotatable bonds is 3. The second-order valence-electron chi connectivity index (χ2n) is 5.01. The fraction of sp³-hybridized carbons (Fsp3) is 0.714. The minimum atomic E-state index is 0.826. The van der Waals surface area contributed by atoms with Crippen LogP contribution in [0.25, 0.3) is 0 Å². The van der Waals surface area contributed by atoms with Crippen LogP contribution in [0.4, 0.5) is 5.82 Å². The van der Waals surface area contributed by atoms with Gasteiger partial charge in [-0.1, -0.05) is 13.3 Å². The van der Waals surface area contributed by atoms with Gasteiger partial charge in [-0.05, 0) is 32.1 Å². The van der Waals surface area contributed by atoms with E-state index in [2.05, 4.69) is 21.8 Å². The molecule has 0 aliphatic carbocycles. The Kier molecular flexibility index (Phi) is 4.39. The van der Waals surface area contributed by atoms with Crippen molar-refractivity contribution >= 4 is 5.82 Å². The third kappa shape index (κ3) is 2.74. The molecule has 4 heteroatoms. The average molecular weight is 249 g/mol. The molecule has 0 spiro atoms. The van der Waals surface area contributed by atoms with Crippen LogP contribution in [0, 0.1) is 12.8 Å². The fourth-order valence-electron chi connectivity index (χ4n) is 2.70. The molecule has 1 aromatic heterocycles. The lowest BCUT2D eigenvalue weighted by Gasteiger charge is -2.23. The molecule has 2 rings (SSSR count). The zero-order valence-corrected chi connectivity index (χ0v) is 11.6. The molecule has 1 aromatic rings. The Labute approximate surface area is 109 Å². The smallest absolute Gasteiger partial charge is 0.182 e. The van der Waals surface area contributed by atoms with Crippen LogP contribution < -0.4 is 9.64 Å². The molecule has 1 aliphatic heterocycles. The minimum Gasteiger partial charge on any atom is -0.491 e. The number of hydrogen-bond donors (Lipinski definition) is 0. The van der Waals surface area contributed by atoms with Gasteiger partial charge in [0.1, 0.15) is 6.33 Å². The molecule has 1 fully saturated rings. The summed E-state index contributed by atoms with van der Waals surface area (Å²) in [6, 6.07) is 0. The van der Waals surface area contributed by atoms with Crippen molar-refractivity contribution in [3.63, 3.8) is 0 Å². The maximum absolute atomic E-state index is 5.46. The number of ether oxygens (including phenoxy) is 1. The van der Waals surface area contributed by atoms with Crippen molar-refractivity contribution in [2.24, 2.45) is 5.92 Å². The predicted molar refractivity (Wildman–Crippen MR) is 73.2 cm³/mol. The van der Waals surface area contributed by atoms with E-state index in [4.69, 9.17) is 4.74 Å². The van der Waals surface area contributed by atoms with Gasteiger partial charge in [0.25, 0.3) is 0 Å². The summed E-state index contributed by atoms with van der Waals surface area (Å²) in [5.41, 5.74) is 0.916. The Hall–Kier alpha value is -1.32. The van der Waals surface area contributed by atoms with Crippen LogP contribution in [-0.4, -0.2) is 30.2 Å². The van der Waals surface area contributed by atoms with E-state index in [1.54, 1.807) is 13.4 Å². The van der Waals surface area contributed by atoms with Gasteiger partial charge in [-0.15, -0.1) is 0 Å². The maximum Gasteiger partial charge on any atom is 0.182 e. The van der Waals surface area contributed by atoms with Gasteiger partial charge in [0.2, 0.25) is 0 Å². The number of aromatic nitrogens is 2. The van der Waals surface area contributed by atoms with Gasteiger partial charge >= 0.3 is 0 Å². The van der Waals surface area contributed by atoms with Crippen LogP contribution in [0.5, 0.6) is 5.75 Å². The number of nitrogens with zero attached hydrogens (tertiary/aromatic N) is 3. The summed E-state index contributed by atoms with van der Waals surface area (Å²) >= 11 is 0. The Bertz CT molecular complexity index is 395. The molecule has 0 bridgehead atoms. The van der Waals surface area contributed by atoms with Gasteiger partial charge in [-0.25, -0.2) is 9.97 Å². The van der Waals surface area contributed by atoms with Gasteiger partial charge in [-0.2, -0.15) is 0 Å². The lowest BCUT2D eigenvalue weighted by molar-refractivity contribution is 0.406. The molecule has 0 saturated carbocycles. The number of aryl methyl sites for hydroxylation is 1. The summed E-state index contributed by atoms with van der Waals surface area (Å²) in [5.74, 6) is 2.65. The molecule has 0 amide bonds. The van der Waals surface area contributed by atoms with E-state index >= 15 is 0 Å². The second kappa shape index (κ2) is 6.03. The first-order chi connectivity index (χ1) is 8.76. The molecule has 2 heterocycles. The van der Waals surface area contributed by atoms with E-state index in [0.29, 0.717) is 0 Å². The molecule has 0 radical (unpaired) electrons. The van der Waals surface area contributed by atoms with Crippen LogP contribution in [-0.2, 0) is 0 Å². The van der Waals surface area contributed by atoms with E-state index in [-0.39, 0.29) is 0 Å². The van der Waals surface area contributed by atoms with Crippen LogP contribution >= 0.6 is 0 Å². The summed E-state index contributed by atoms with van der Waals surface area (Å²) in [6.07, 6.45) is 6.75. The zero-order chi connectivity index (χ0) is 13.0. The van der Waals surface area contributed by atoms with Crippen molar-refractivity contribution in [2.75, 3.05) is 25.1 Å². The Morgan fingerprint density at radius 3 is 2.89 bits per heavy atom. The topological polar surface area (TPSA) is 38.2 Å². The van der Waals surface area contributed by atoms with E-state index in [0.717, 1.165) is 36.3 Å². The summed E-state index contributed by atoms with van der Waals surface area (Å²) in [6.45, 7) is 6.40. The second-order valence-corrected chi connectivity index (χ2v) is 5.01. The van der Waals surface area contributed by atoms with Crippen molar-refractivity contribution in [3.8, 4) is 5.75 Å². The Morgan fingerprint density at radius 2 is 2.17 bits per heavy atom. The van der Waals surface area contributed by atoms with Crippen LogP contribution in [0.1, 0.15) is 38.3 Å². The molecule has 0 aromatic carbocycles. The first kappa shape index (κ1) is 13.1. The molecule has 1 aliphatic rings. The van der Waals surface area contributed by atoms with Crippen LogP contribution in [0.3, 0.4) is 0 Å². The monoisotopic (exact) mass is 249 g/mol. The van der Waals surface area contributed by atoms with E-state index in [9.17, 15) is 0 Å². The first-order valence-corrected chi connectivity index (χ1v) is 6.86. The number of methoxy groups -OCH3 is 1. The van der Waals surface area contributed by atoms with E-state index in [1.807, 2.05) is 6.92 Å². The molecule has 100 valence electrons. The predicted octanol–water partition coefficient (Wildman–Crippen LogP) is 2.81. The highest BCUT2D eigenvalue weighted by atomic mass is 16.5. The van der Waals surface area contributed by atoms with Crippen LogP contribution in [0.15, 0.2) is 6.33 Å².